The van der Waals surface area contributed by atoms with Crippen LogP contribution in [0.4, 0.5) is 0 Å². The first-order valence-electron chi connectivity index (χ1n) is 11.5. The van der Waals surface area contributed by atoms with Gasteiger partial charge in [0.25, 0.3) is 0 Å². The molecule has 6 heteroatoms. The molecular formula is C28H28Cl2N2O2. The molecule has 4 nitrogen and oxygen atoms in total. The first kappa shape index (κ1) is 24.3. The summed E-state index contributed by atoms with van der Waals surface area (Å²) in [7, 11) is 0. The fourth-order valence-electron chi connectivity index (χ4n) is 4.62. The van der Waals surface area contributed by atoms with E-state index in [9.17, 15) is 9.59 Å². The third-order valence-corrected chi connectivity index (χ3v) is 7.14. The van der Waals surface area contributed by atoms with Crippen LogP contribution in [0.25, 0.3) is 0 Å². The van der Waals surface area contributed by atoms with Crippen LogP contribution in [0.3, 0.4) is 0 Å². The van der Waals surface area contributed by atoms with Crippen LogP contribution in [-0.4, -0.2) is 36.3 Å². The SMILES string of the molecule is CC(c1ccc(Cl)cc1)C(CNC(=O)CN1CC(c2ccccc2)CC1=O)c1ccc(Cl)cc1. The predicted octanol–water partition coefficient (Wildman–Crippen LogP) is 6.01. The Hall–Kier alpha value is -2.82. The molecule has 1 aliphatic rings. The largest absolute Gasteiger partial charge is 0.354 e. The maximum atomic E-state index is 12.8. The first-order valence-corrected chi connectivity index (χ1v) is 12.3. The van der Waals surface area contributed by atoms with Crippen molar-refractivity contribution in [1.29, 1.82) is 0 Å². The van der Waals surface area contributed by atoms with Gasteiger partial charge in [-0.15, -0.1) is 0 Å². The van der Waals surface area contributed by atoms with Crippen LogP contribution in [0.1, 0.15) is 47.8 Å². The van der Waals surface area contributed by atoms with E-state index in [-0.39, 0.29) is 36.1 Å². The molecule has 2 amide bonds. The zero-order valence-corrected chi connectivity index (χ0v) is 20.6. The number of amides is 2. The van der Waals surface area contributed by atoms with Crippen molar-refractivity contribution in [2.75, 3.05) is 19.6 Å². The third kappa shape index (κ3) is 5.99. The molecule has 3 aromatic carbocycles. The average molecular weight is 495 g/mol. The molecule has 0 aromatic heterocycles. The molecule has 4 rings (SSSR count). The van der Waals surface area contributed by atoms with Gasteiger partial charge in [0.05, 0.1) is 6.54 Å². The van der Waals surface area contributed by atoms with E-state index in [1.165, 1.54) is 0 Å². The first-order chi connectivity index (χ1) is 16.4. The van der Waals surface area contributed by atoms with Gasteiger partial charge in [-0.2, -0.15) is 0 Å². The Balaban J connectivity index is 1.41. The highest BCUT2D eigenvalue weighted by molar-refractivity contribution is 6.30. The lowest BCUT2D eigenvalue weighted by molar-refractivity contribution is -0.133. The molecule has 0 radical (unpaired) electrons. The summed E-state index contributed by atoms with van der Waals surface area (Å²) in [4.78, 5) is 27.0. The summed E-state index contributed by atoms with van der Waals surface area (Å²) < 4.78 is 0. The van der Waals surface area contributed by atoms with E-state index >= 15 is 0 Å². The van der Waals surface area contributed by atoms with Gasteiger partial charge >= 0.3 is 0 Å². The molecule has 0 spiro atoms. The summed E-state index contributed by atoms with van der Waals surface area (Å²) in [6.07, 6.45) is 0.443. The summed E-state index contributed by atoms with van der Waals surface area (Å²) in [6.45, 7) is 3.24. The zero-order chi connectivity index (χ0) is 24.1. The quantitative estimate of drug-likeness (QED) is 0.416. The van der Waals surface area contributed by atoms with E-state index in [1.807, 2.05) is 78.9 Å². The lowest BCUT2D eigenvalue weighted by Crippen LogP contribution is -2.40. The maximum absolute atomic E-state index is 12.8. The number of nitrogens with one attached hydrogen (secondary N) is 1. The lowest BCUT2D eigenvalue weighted by atomic mass is 9.82. The van der Waals surface area contributed by atoms with Crippen molar-refractivity contribution < 1.29 is 9.59 Å². The van der Waals surface area contributed by atoms with Crippen LogP contribution >= 0.6 is 23.2 Å². The Kier molecular flexibility index (Phi) is 7.91. The second kappa shape index (κ2) is 11.1. The summed E-state index contributed by atoms with van der Waals surface area (Å²) in [5.74, 6) is 0.175. The van der Waals surface area contributed by atoms with Crippen LogP contribution in [0.5, 0.6) is 0 Å². The number of benzene rings is 3. The van der Waals surface area contributed by atoms with E-state index in [4.69, 9.17) is 23.2 Å². The molecule has 1 heterocycles. The predicted molar refractivity (Wildman–Crippen MR) is 137 cm³/mol. The molecule has 3 unspecified atom stereocenters. The molecule has 1 saturated heterocycles. The minimum absolute atomic E-state index is 0.0211. The van der Waals surface area contributed by atoms with Crippen molar-refractivity contribution in [2.45, 2.75) is 31.1 Å². The smallest absolute Gasteiger partial charge is 0.239 e. The summed E-state index contributed by atoms with van der Waals surface area (Å²) in [5.41, 5.74) is 3.37. The maximum Gasteiger partial charge on any atom is 0.239 e. The van der Waals surface area contributed by atoms with Crippen molar-refractivity contribution in [3.05, 3.63) is 106 Å². The topological polar surface area (TPSA) is 49.4 Å². The van der Waals surface area contributed by atoms with Gasteiger partial charge in [0, 0.05) is 41.4 Å². The number of hydrogen-bond acceptors (Lipinski definition) is 2. The summed E-state index contributed by atoms with van der Waals surface area (Å²) >= 11 is 12.2. The third-order valence-electron chi connectivity index (χ3n) is 6.64. The Morgan fingerprint density at radius 3 is 2.15 bits per heavy atom. The Bertz CT molecular complexity index is 1120. The molecule has 1 fully saturated rings. The van der Waals surface area contributed by atoms with Crippen LogP contribution in [0, 0.1) is 0 Å². The number of halogens is 2. The van der Waals surface area contributed by atoms with Gasteiger partial charge in [-0.3, -0.25) is 9.59 Å². The number of carbonyl (C=O) groups excluding carboxylic acids is 2. The van der Waals surface area contributed by atoms with Gasteiger partial charge in [0.2, 0.25) is 11.8 Å². The molecule has 176 valence electrons. The monoisotopic (exact) mass is 494 g/mol. The highest BCUT2D eigenvalue weighted by Crippen LogP contribution is 2.33. The Morgan fingerprint density at radius 1 is 0.941 bits per heavy atom. The van der Waals surface area contributed by atoms with Crippen LogP contribution < -0.4 is 5.32 Å². The lowest BCUT2D eigenvalue weighted by Gasteiger charge is -2.26. The number of hydrogen-bond donors (Lipinski definition) is 1. The normalized spacial score (nSPS) is 17.4. The van der Waals surface area contributed by atoms with Crippen LogP contribution in [0.15, 0.2) is 78.9 Å². The molecule has 3 aromatic rings. The van der Waals surface area contributed by atoms with E-state index in [0.29, 0.717) is 29.6 Å². The summed E-state index contributed by atoms with van der Waals surface area (Å²) in [5, 5.41) is 4.43. The molecule has 0 saturated carbocycles. The second-order valence-corrected chi connectivity index (χ2v) is 9.76. The van der Waals surface area contributed by atoms with Crippen LogP contribution in [0.2, 0.25) is 10.0 Å². The van der Waals surface area contributed by atoms with Gasteiger partial charge in [0.1, 0.15) is 0 Å². The fraction of sp³-hybridized carbons (Fsp3) is 0.286. The Labute approximate surface area is 210 Å². The number of likely N-dealkylation sites (tertiary alicyclic amines) is 1. The molecule has 34 heavy (non-hydrogen) atoms. The fourth-order valence-corrected chi connectivity index (χ4v) is 4.87. The van der Waals surface area contributed by atoms with E-state index < -0.39 is 0 Å². The number of rotatable bonds is 8. The average Bonchev–Trinajstić information content (AvgIpc) is 3.21. The summed E-state index contributed by atoms with van der Waals surface area (Å²) in [6, 6.07) is 25.5. The van der Waals surface area contributed by atoms with Crippen molar-refractivity contribution in [3.8, 4) is 0 Å². The highest BCUT2D eigenvalue weighted by atomic mass is 35.5. The van der Waals surface area contributed by atoms with Crippen molar-refractivity contribution in [1.82, 2.24) is 10.2 Å². The van der Waals surface area contributed by atoms with E-state index in [0.717, 1.165) is 16.7 Å². The second-order valence-electron chi connectivity index (χ2n) is 8.89. The van der Waals surface area contributed by atoms with Crippen molar-refractivity contribution >= 4 is 35.0 Å². The Morgan fingerprint density at radius 2 is 1.53 bits per heavy atom. The van der Waals surface area contributed by atoms with Gasteiger partial charge in [0.15, 0.2) is 0 Å². The molecular weight excluding hydrogens is 467 g/mol. The minimum Gasteiger partial charge on any atom is -0.354 e. The van der Waals surface area contributed by atoms with Gasteiger partial charge in [-0.05, 0) is 46.9 Å². The van der Waals surface area contributed by atoms with Gasteiger partial charge in [-0.1, -0.05) is 84.7 Å². The number of carbonyl (C=O) groups is 2. The molecule has 1 aliphatic heterocycles. The minimum atomic E-state index is -0.149. The van der Waals surface area contributed by atoms with Crippen molar-refractivity contribution in [2.24, 2.45) is 0 Å². The molecule has 1 N–H and O–H groups in total. The molecule has 0 bridgehead atoms. The molecule has 0 aliphatic carbocycles. The highest BCUT2D eigenvalue weighted by Gasteiger charge is 2.32. The van der Waals surface area contributed by atoms with Crippen molar-refractivity contribution in [3.63, 3.8) is 0 Å². The van der Waals surface area contributed by atoms with Gasteiger partial charge in [-0.25, -0.2) is 0 Å². The van der Waals surface area contributed by atoms with Crippen LogP contribution in [-0.2, 0) is 9.59 Å². The standard InChI is InChI=1S/C28H28Cl2N2O2/c1-19(20-7-11-24(29)12-8-20)26(22-9-13-25(30)14-10-22)16-31-27(33)18-32-17-23(15-28(32)34)21-5-3-2-4-6-21/h2-14,19,23,26H,15-18H2,1H3,(H,31,33). The van der Waals surface area contributed by atoms with E-state index in [1.54, 1.807) is 4.90 Å². The molecule has 3 atom stereocenters. The zero-order valence-electron chi connectivity index (χ0n) is 19.1. The van der Waals surface area contributed by atoms with E-state index in [2.05, 4.69) is 12.2 Å². The van der Waals surface area contributed by atoms with Gasteiger partial charge < -0.3 is 10.2 Å². The number of nitrogens with zero attached hydrogens (tertiary/aromatic N) is 1.